The zero-order valence-electron chi connectivity index (χ0n) is 12.6. The number of benzene rings is 1. The molecule has 1 N–H and O–H groups in total. The fourth-order valence-corrected chi connectivity index (χ4v) is 4.18. The molecule has 116 valence electrons. The molecule has 1 unspecified atom stereocenters. The lowest BCUT2D eigenvalue weighted by Gasteiger charge is -2.18. The summed E-state index contributed by atoms with van der Waals surface area (Å²) in [5.74, 6) is 0. The van der Waals surface area contributed by atoms with E-state index >= 15 is 0 Å². The summed E-state index contributed by atoms with van der Waals surface area (Å²) >= 11 is 0. The predicted octanol–water partition coefficient (Wildman–Crippen LogP) is 3.00. The fourth-order valence-electron chi connectivity index (χ4n) is 2.90. The van der Waals surface area contributed by atoms with Gasteiger partial charge in [0.1, 0.15) is 0 Å². The number of pyridine rings is 1. The number of nitrogens with zero attached hydrogens (tertiary/aromatic N) is 1. The second-order valence-electron chi connectivity index (χ2n) is 5.76. The van der Waals surface area contributed by atoms with Gasteiger partial charge in [-0.2, -0.15) is 0 Å². The van der Waals surface area contributed by atoms with Crippen molar-refractivity contribution in [2.45, 2.75) is 43.5 Å². The van der Waals surface area contributed by atoms with Gasteiger partial charge in [-0.1, -0.05) is 6.07 Å². The first-order chi connectivity index (χ1) is 10.6. The van der Waals surface area contributed by atoms with Crippen LogP contribution in [0.4, 0.5) is 0 Å². The maximum atomic E-state index is 12.6. The van der Waals surface area contributed by atoms with Crippen molar-refractivity contribution in [3.8, 4) is 0 Å². The van der Waals surface area contributed by atoms with Crippen LogP contribution in [0.2, 0.25) is 0 Å². The molecule has 0 fully saturated rings. The van der Waals surface area contributed by atoms with Gasteiger partial charge in [0, 0.05) is 18.4 Å². The van der Waals surface area contributed by atoms with Crippen molar-refractivity contribution in [1.29, 1.82) is 0 Å². The molecule has 1 heterocycles. The van der Waals surface area contributed by atoms with E-state index in [9.17, 15) is 8.42 Å². The van der Waals surface area contributed by atoms with Gasteiger partial charge < -0.3 is 0 Å². The molecule has 1 atom stereocenters. The van der Waals surface area contributed by atoms with Gasteiger partial charge in [0.25, 0.3) is 0 Å². The van der Waals surface area contributed by atoms with E-state index in [1.807, 2.05) is 31.2 Å². The molecule has 0 amide bonds. The highest BCUT2D eigenvalue weighted by Gasteiger charge is 2.20. The van der Waals surface area contributed by atoms with Crippen LogP contribution in [-0.4, -0.2) is 13.4 Å². The molecule has 5 heteroatoms. The minimum atomic E-state index is -3.51. The second kappa shape index (κ2) is 6.18. The van der Waals surface area contributed by atoms with Gasteiger partial charge in [0.05, 0.1) is 4.90 Å². The molecule has 22 heavy (non-hydrogen) atoms. The third-order valence-corrected chi connectivity index (χ3v) is 5.71. The molecule has 0 saturated heterocycles. The molecule has 0 saturated carbocycles. The Balaban J connectivity index is 1.84. The summed E-state index contributed by atoms with van der Waals surface area (Å²) in [6.07, 6.45) is 7.68. The Morgan fingerprint density at radius 1 is 1.05 bits per heavy atom. The smallest absolute Gasteiger partial charge is 0.241 e. The fraction of sp³-hybridized carbons (Fsp3) is 0.353. The Morgan fingerprint density at radius 3 is 2.45 bits per heavy atom. The molecule has 1 aromatic heterocycles. The number of fused-ring (bicyclic) bond motifs is 1. The molecule has 2 aromatic rings. The van der Waals surface area contributed by atoms with Gasteiger partial charge >= 0.3 is 0 Å². The third-order valence-electron chi connectivity index (χ3n) is 4.17. The average Bonchev–Trinajstić information content (AvgIpc) is 2.55. The van der Waals surface area contributed by atoms with Crippen LogP contribution in [0.25, 0.3) is 0 Å². The van der Waals surface area contributed by atoms with Crippen LogP contribution in [0.5, 0.6) is 0 Å². The van der Waals surface area contributed by atoms with Gasteiger partial charge in [-0.05, 0) is 73.6 Å². The number of sulfonamides is 1. The first-order valence-electron chi connectivity index (χ1n) is 7.60. The SMILES string of the molecule is CC(NS(=O)(=O)c1ccc2c(c1)CCCC2)c1ccncc1. The van der Waals surface area contributed by atoms with E-state index < -0.39 is 10.0 Å². The molecule has 4 nitrogen and oxygen atoms in total. The molecule has 3 rings (SSSR count). The standard InChI is InChI=1S/C17H20N2O2S/c1-13(14-8-10-18-11-9-14)19-22(20,21)17-7-6-15-4-2-3-5-16(15)12-17/h6-13,19H,2-5H2,1H3. The Kier molecular flexibility index (Phi) is 4.27. The van der Waals surface area contributed by atoms with Crippen molar-refractivity contribution in [3.05, 3.63) is 59.4 Å². The molecule has 1 aliphatic rings. The number of aryl methyl sites for hydroxylation is 2. The summed E-state index contributed by atoms with van der Waals surface area (Å²) < 4.78 is 27.9. The van der Waals surface area contributed by atoms with Crippen molar-refractivity contribution in [3.63, 3.8) is 0 Å². The van der Waals surface area contributed by atoms with Crippen molar-refractivity contribution in [2.24, 2.45) is 0 Å². The number of hydrogen-bond donors (Lipinski definition) is 1. The summed E-state index contributed by atoms with van der Waals surface area (Å²) in [6.45, 7) is 1.84. The quantitative estimate of drug-likeness (QED) is 0.943. The van der Waals surface area contributed by atoms with E-state index in [0.717, 1.165) is 24.8 Å². The molecule has 0 bridgehead atoms. The van der Waals surface area contributed by atoms with E-state index in [1.54, 1.807) is 18.5 Å². The lowest BCUT2D eigenvalue weighted by molar-refractivity contribution is 0.566. The molecular weight excluding hydrogens is 296 g/mol. The molecule has 0 radical (unpaired) electrons. The topological polar surface area (TPSA) is 59.1 Å². The maximum absolute atomic E-state index is 12.6. The first-order valence-corrected chi connectivity index (χ1v) is 9.09. The first kappa shape index (κ1) is 15.2. The lowest BCUT2D eigenvalue weighted by atomic mass is 9.92. The summed E-state index contributed by atoms with van der Waals surface area (Å²) in [6, 6.07) is 8.85. The Labute approximate surface area is 131 Å². The van der Waals surface area contributed by atoms with E-state index in [-0.39, 0.29) is 6.04 Å². The Bertz CT molecular complexity index is 757. The average molecular weight is 316 g/mol. The number of nitrogens with one attached hydrogen (secondary N) is 1. The highest BCUT2D eigenvalue weighted by atomic mass is 32.2. The molecular formula is C17H20N2O2S. The second-order valence-corrected chi connectivity index (χ2v) is 7.48. The van der Waals surface area contributed by atoms with Crippen LogP contribution in [0.3, 0.4) is 0 Å². The van der Waals surface area contributed by atoms with E-state index in [1.165, 1.54) is 17.5 Å². The molecule has 0 spiro atoms. The third kappa shape index (κ3) is 3.20. The minimum absolute atomic E-state index is 0.288. The normalized spacial score (nSPS) is 16.0. The Hall–Kier alpha value is -1.72. The van der Waals surface area contributed by atoms with E-state index in [2.05, 4.69) is 9.71 Å². The summed E-state index contributed by atoms with van der Waals surface area (Å²) in [4.78, 5) is 4.31. The highest BCUT2D eigenvalue weighted by molar-refractivity contribution is 7.89. The largest absolute Gasteiger partial charge is 0.265 e. The van der Waals surface area contributed by atoms with Gasteiger partial charge in [0.15, 0.2) is 0 Å². The number of hydrogen-bond acceptors (Lipinski definition) is 3. The van der Waals surface area contributed by atoms with Crippen LogP contribution in [0.15, 0.2) is 47.6 Å². The van der Waals surface area contributed by atoms with Gasteiger partial charge in [-0.3, -0.25) is 4.98 Å². The number of aromatic nitrogens is 1. The summed E-state index contributed by atoms with van der Waals surface area (Å²) in [5.41, 5.74) is 3.36. The zero-order valence-corrected chi connectivity index (χ0v) is 13.4. The highest BCUT2D eigenvalue weighted by Crippen LogP contribution is 2.25. The van der Waals surface area contributed by atoms with Crippen LogP contribution in [0.1, 0.15) is 42.5 Å². The van der Waals surface area contributed by atoms with Gasteiger partial charge in [-0.15, -0.1) is 0 Å². The zero-order chi connectivity index (χ0) is 15.6. The van der Waals surface area contributed by atoms with Crippen molar-refractivity contribution in [2.75, 3.05) is 0 Å². The number of rotatable bonds is 4. The van der Waals surface area contributed by atoms with Gasteiger partial charge in [-0.25, -0.2) is 13.1 Å². The predicted molar refractivity (Wildman–Crippen MR) is 86.1 cm³/mol. The van der Waals surface area contributed by atoms with E-state index in [4.69, 9.17) is 0 Å². The summed E-state index contributed by atoms with van der Waals surface area (Å²) in [5, 5.41) is 0. The summed E-state index contributed by atoms with van der Waals surface area (Å²) in [7, 11) is -3.51. The van der Waals surface area contributed by atoms with Crippen molar-refractivity contribution < 1.29 is 8.42 Å². The Morgan fingerprint density at radius 2 is 1.73 bits per heavy atom. The monoisotopic (exact) mass is 316 g/mol. The van der Waals surface area contributed by atoms with Crippen LogP contribution in [0, 0.1) is 0 Å². The maximum Gasteiger partial charge on any atom is 0.241 e. The van der Waals surface area contributed by atoms with Crippen LogP contribution in [-0.2, 0) is 22.9 Å². The minimum Gasteiger partial charge on any atom is -0.265 e. The van der Waals surface area contributed by atoms with Crippen molar-refractivity contribution >= 4 is 10.0 Å². The van der Waals surface area contributed by atoms with E-state index in [0.29, 0.717) is 4.90 Å². The van der Waals surface area contributed by atoms with Crippen LogP contribution < -0.4 is 4.72 Å². The molecule has 1 aromatic carbocycles. The van der Waals surface area contributed by atoms with Crippen LogP contribution >= 0.6 is 0 Å². The lowest BCUT2D eigenvalue weighted by Crippen LogP contribution is -2.27. The molecule has 1 aliphatic carbocycles. The van der Waals surface area contributed by atoms with Gasteiger partial charge in [0.2, 0.25) is 10.0 Å². The molecule has 0 aliphatic heterocycles. The van der Waals surface area contributed by atoms with Crippen molar-refractivity contribution in [1.82, 2.24) is 9.71 Å².